The van der Waals surface area contributed by atoms with Gasteiger partial charge in [-0.25, -0.2) is 0 Å². The number of aliphatic hydroxyl groups is 1. The van der Waals surface area contributed by atoms with E-state index in [-0.39, 0.29) is 33.0 Å². The summed E-state index contributed by atoms with van der Waals surface area (Å²) in [6.45, 7) is 7.93. The van der Waals surface area contributed by atoms with E-state index in [1.54, 1.807) is 38.1 Å². The summed E-state index contributed by atoms with van der Waals surface area (Å²) in [4.78, 5) is 62.9. The summed E-state index contributed by atoms with van der Waals surface area (Å²) < 4.78 is 74.2. The quantitative estimate of drug-likeness (QED) is 0.0928. The van der Waals surface area contributed by atoms with Crippen LogP contribution in [0.1, 0.15) is 59.6 Å². The van der Waals surface area contributed by atoms with Crippen LogP contribution in [-0.2, 0) is 88.7 Å². The zero-order valence-corrected chi connectivity index (χ0v) is 36.2. The van der Waals surface area contributed by atoms with E-state index in [1.807, 2.05) is 36.4 Å². The van der Waals surface area contributed by atoms with Crippen molar-refractivity contribution in [2.75, 3.05) is 26.4 Å². The number of benzene rings is 2. The third kappa shape index (κ3) is 14.4. The molecular weight excluding hydrogens is 823 g/mol. The average molecular weight is 881 g/mol. The second kappa shape index (κ2) is 23.8. The number of ether oxygens (including phenoxy) is 8. The maximum atomic E-state index is 14.2. The van der Waals surface area contributed by atoms with Gasteiger partial charge in [0.15, 0.2) is 24.3 Å². The van der Waals surface area contributed by atoms with E-state index in [2.05, 4.69) is 10.6 Å². The van der Waals surface area contributed by atoms with Gasteiger partial charge in [-0.2, -0.15) is 0 Å². The van der Waals surface area contributed by atoms with Crippen molar-refractivity contribution in [2.45, 2.75) is 129 Å². The third-order valence-corrected chi connectivity index (χ3v) is 11.6. The second-order valence-electron chi connectivity index (χ2n) is 14.2. The van der Waals surface area contributed by atoms with E-state index in [9.17, 15) is 33.6 Å². The van der Waals surface area contributed by atoms with Crippen LogP contribution in [0.15, 0.2) is 60.7 Å². The van der Waals surface area contributed by atoms with Gasteiger partial charge in [0.2, 0.25) is 11.8 Å². The predicted molar refractivity (Wildman–Crippen MR) is 213 cm³/mol. The smallest absolute Gasteiger partial charge is 0.361 e. The Kier molecular flexibility index (Phi) is 19.2. The Balaban J connectivity index is 1.90. The molecular formula is C41H57N2O17P. The molecule has 61 heavy (non-hydrogen) atoms. The minimum Gasteiger partial charge on any atom is -0.463 e. The van der Waals surface area contributed by atoms with Gasteiger partial charge in [-0.1, -0.05) is 60.7 Å². The van der Waals surface area contributed by atoms with Gasteiger partial charge in [-0.05, 0) is 25.0 Å². The molecule has 11 atom stereocenters. The Bertz CT molecular complexity index is 1780. The first-order valence-electron chi connectivity index (χ1n) is 19.9. The number of esters is 3. The number of amides is 2. The number of hydrogen-bond donors (Lipinski definition) is 3. The summed E-state index contributed by atoms with van der Waals surface area (Å²) in [5, 5.41) is 17.4. The number of carbonyl (C=O) groups excluding carboxylic acids is 5. The highest BCUT2D eigenvalue weighted by Crippen LogP contribution is 2.55. The van der Waals surface area contributed by atoms with Crippen molar-refractivity contribution in [3.8, 4) is 0 Å². The topological polar surface area (TPSA) is 239 Å². The number of nitrogens with one attached hydrogen (secondary N) is 2. The van der Waals surface area contributed by atoms with Crippen LogP contribution in [0.2, 0.25) is 0 Å². The van der Waals surface area contributed by atoms with E-state index >= 15 is 0 Å². The molecule has 0 aromatic heterocycles. The van der Waals surface area contributed by atoms with Gasteiger partial charge in [0.1, 0.15) is 43.2 Å². The average Bonchev–Trinajstić information content (AvgIpc) is 3.19. The van der Waals surface area contributed by atoms with Crippen molar-refractivity contribution in [3.63, 3.8) is 0 Å². The molecule has 20 heteroatoms. The van der Waals surface area contributed by atoms with Crippen molar-refractivity contribution >= 4 is 37.3 Å². The van der Waals surface area contributed by atoms with Crippen LogP contribution in [-0.4, -0.2) is 128 Å². The highest BCUT2D eigenvalue weighted by atomic mass is 31.2. The molecule has 3 N–H and O–H groups in total. The minimum absolute atomic E-state index is 0.0825. The molecule has 2 aliphatic rings. The molecule has 2 aromatic rings. The zero-order chi connectivity index (χ0) is 44.7. The second-order valence-corrected chi connectivity index (χ2v) is 16.4. The molecule has 2 amide bonds. The summed E-state index contributed by atoms with van der Waals surface area (Å²) >= 11 is 0. The summed E-state index contributed by atoms with van der Waals surface area (Å²) in [6.07, 6.45) is -11.3. The van der Waals surface area contributed by atoms with Crippen LogP contribution < -0.4 is 10.6 Å². The van der Waals surface area contributed by atoms with Crippen LogP contribution in [0.3, 0.4) is 0 Å². The molecule has 4 rings (SSSR count). The van der Waals surface area contributed by atoms with E-state index in [0.29, 0.717) is 5.56 Å². The molecule has 0 aliphatic carbocycles. The monoisotopic (exact) mass is 880 g/mol. The van der Waals surface area contributed by atoms with Gasteiger partial charge in [0, 0.05) is 34.6 Å². The van der Waals surface area contributed by atoms with Gasteiger partial charge in [0.25, 0.3) is 0 Å². The van der Waals surface area contributed by atoms with Gasteiger partial charge in [-0.15, -0.1) is 0 Å². The Morgan fingerprint density at radius 1 is 0.672 bits per heavy atom. The predicted octanol–water partition coefficient (Wildman–Crippen LogP) is 2.69. The fraction of sp³-hybridized carbons (Fsp3) is 0.585. The van der Waals surface area contributed by atoms with Crippen LogP contribution in [0.4, 0.5) is 0 Å². The lowest BCUT2D eigenvalue weighted by molar-refractivity contribution is -0.323. The molecule has 2 saturated heterocycles. The molecule has 6 unspecified atom stereocenters. The summed E-state index contributed by atoms with van der Waals surface area (Å²) in [7, 11) is -4.37. The summed E-state index contributed by atoms with van der Waals surface area (Å²) in [5.74, 6) is -5.54. The van der Waals surface area contributed by atoms with Crippen molar-refractivity contribution in [1.29, 1.82) is 0 Å². The molecule has 2 aromatic carbocycles. The van der Waals surface area contributed by atoms with Crippen molar-refractivity contribution in [1.82, 2.24) is 10.6 Å². The first kappa shape index (κ1) is 49.4. The van der Waals surface area contributed by atoms with Crippen LogP contribution in [0.25, 0.3) is 0 Å². The highest BCUT2D eigenvalue weighted by molar-refractivity contribution is 7.54. The Labute approximate surface area is 354 Å². The molecule has 0 radical (unpaired) electrons. The van der Waals surface area contributed by atoms with E-state index < -0.39 is 111 Å². The molecule has 0 bridgehead atoms. The molecule has 2 fully saturated rings. The fourth-order valence-electron chi connectivity index (χ4n) is 7.04. The Morgan fingerprint density at radius 3 is 1.72 bits per heavy atom. The van der Waals surface area contributed by atoms with Crippen molar-refractivity contribution in [3.05, 3.63) is 71.8 Å². The maximum Gasteiger partial charge on any atom is 0.361 e. The Morgan fingerprint density at radius 2 is 1.20 bits per heavy atom. The number of hydrogen-bond acceptors (Lipinski definition) is 17. The van der Waals surface area contributed by atoms with Crippen molar-refractivity contribution in [2.24, 2.45) is 0 Å². The van der Waals surface area contributed by atoms with E-state index in [0.717, 1.165) is 26.3 Å². The molecule has 0 spiro atoms. The minimum atomic E-state index is -4.37. The first-order valence-corrected chi connectivity index (χ1v) is 21.5. The summed E-state index contributed by atoms with van der Waals surface area (Å²) in [5.41, 5.74) is 1.50. The Hall–Kier alpha value is -4.30. The number of rotatable bonds is 21. The van der Waals surface area contributed by atoms with Crippen molar-refractivity contribution < 1.29 is 80.6 Å². The highest BCUT2D eigenvalue weighted by Gasteiger charge is 2.58. The molecule has 0 saturated carbocycles. The lowest BCUT2D eigenvalue weighted by Gasteiger charge is -2.51. The number of aliphatic hydroxyl groups excluding tert-OH is 1. The SMILES string of the molecule is CCOP(=O)(OCC)[C@H](O)[C@H]1OC(COCc2ccccc2)[C@@H](O[C@@H]2OC(COC(C)=O)[C@@H](OC(C)=O)C(OC(C)=O)C2NC(C)=O)C(OCc2ccccc2)C1NC(C)=O. The molecule has 2 heterocycles. The number of carbonyl (C=O) groups is 5. The molecule has 19 nitrogen and oxygen atoms in total. The normalized spacial score (nSPS) is 27.0. The zero-order valence-electron chi connectivity index (χ0n) is 35.3. The summed E-state index contributed by atoms with van der Waals surface area (Å²) in [6, 6.07) is 15.4. The van der Waals surface area contributed by atoms with Crippen LogP contribution >= 0.6 is 7.60 Å². The first-order chi connectivity index (χ1) is 29.1. The van der Waals surface area contributed by atoms with Crippen LogP contribution in [0.5, 0.6) is 0 Å². The van der Waals surface area contributed by atoms with Gasteiger partial charge < -0.3 is 62.7 Å². The van der Waals surface area contributed by atoms with Gasteiger partial charge >= 0.3 is 25.5 Å². The lowest BCUT2D eigenvalue weighted by Crippen LogP contribution is -2.71. The maximum absolute atomic E-state index is 14.2. The fourth-order valence-corrected chi connectivity index (χ4v) is 8.76. The molecule has 2 aliphatic heterocycles. The van der Waals surface area contributed by atoms with E-state index in [1.165, 1.54) is 13.8 Å². The largest absolute Gasteiger partial charge is 0.463 e. The van der Waals surface area contributed by atoms with E-state index in [4.69, 9.17) is 46.9 Å². The molecule has 338 valence electrons. The van der Waals surface area contributed by atoms with Gasteiger partial charge in [0.05, 0.1) is 39.1 Å². The van der Waals surface area contributed by atoms with Gasteiger partial charge in [-0.3, -0.25) is 28.5 Å². The standard InChI is InChI=1S/C41H57N2O17P/c1-8-54-61(50,55-9-2)40(49)39-33(42-24(3)44)37(53-21-30-18-14-11-15-19-30)35(31(58-39)22-51-20-29-16-12-10-13-17-29)60-41-34(43-25(4)45)38(57-28(7)48)36(56-27(6)47)32(59-41)23-52-26(5)46/h10-19,31-41,49H,8-9,20-23H2,1-7H3,(H,42,44)(H,43,45)/t31?,32?,33?,34?,35-,36-,37?,38?,39+,40+,41+/m1/s1. The third-order valence-electron chi connectivity index (χ3n) is 9.38. The van der Waals surface area contributed by atoms with Crippen LogP contribution in [0, 0.1) is 0 Å². The lowest BCUT2D eigenvalue weighted by atomic mass is 9.91.